The van der Waals surface area contributed by atoms with Gasteiger partial charge in [-0.25, -0.2) is 9.48 Å². The van der Waals surface area contributed by atoms with Crippen molar-refractivity contribution in [2.45, 2.75) is 85.1 Å². The lowest BCUT2D eigenvalue weighted by atomic mass is 9.96. The zero-order chi connectivity index (χ0) is 53.8. The number of ketones is 3. The molecule has 1 aliphatic carbocycles. The Bertz CT molecular complexity index is 3550. The number of carbonyl (C=O) groups excluding carboxylic acids is 4. The molecule has 0 saturated carbocycles. The maximum absolute atomic E-state index is 12.5. The highest BCUT2D eigenvalue weighted by Gasteiger charge is 2.28. The number of carbonyl (C=O) groups is 5. The SMILES string of the molecule is CC(=O)c1ccc(-c2cc(Cl)c3c(c2)CC(CN)O3)s1.CC(=O)c1ccc(-c2cc(Cl)c3c(c2)CC(CNC(=O)/C=C/c2cc4cnn(C(C)C)c4[nH]c2=O)O3)s1.CC(C)n1ncc2c1CC(=O)C(/C=C/C(=O)O)=C2.Cl. The maximum Gasteiger partial charge on any atom is 0.328 e. The van der Waals surface area contributed by atoms with E-state index in [9.17, 15) is 28.8 Å². The predicted molar refractivity (Wildman–Crippen MR) is 301 cm³/mol. The molecule has 21 heteroatoms. The standard InChI is InChI=1S/C27H25ClN4O4S.C15H14ClNO2S.C13H14N2O3.ClH/c1-14(2)32-26-19(12-30-32)8-16(27(35)31-26)4-7-24(34)29-13-20-10-18-9-17(11-21(28)25(18)36-20)23-6-5-22(37-23)15(3)33;1-8(18)13-2-3-14(20-13)9-4-10-5-11(7-17)19-15(10)12(16)6-9;1-8(2)15-11-6-12(16)9(3-4-13(17)18)5-10(11)7-14-15;/h4-9,11-12,14,20H,10,13H2,1-3H3,(H,29,34)(H,31,35);2-4,6,11H,5,7,17H2,1H3;3-5,7-8H,6H2,1-2H3,(H,17,18);1H/b7-4+;;4-3+;. The molecule has 0 saturated heterocycles. The Morgan fingerprint density at radius 1 is 0.816 bits per heavy atom. The molecule has 5 N–H and O–H groups in total. The number of H-pyrrole nitrogens is 1. The van der Waals surface area contributed by atoms with Crippen LogP contribution in [0.2, 0.25) is 10.0 Å². The lowest BCUT2D eigenvalue weighted by Crippen LogP contribution is -2.33. The third-order valence-electron chi connectivity index (χ3n) is 12.3. The predicted octanol–water partition coefficient (Wildman–Crippen LogP) is 10.6. The quantitative estimate of drug-likeness (QED) is 0.0624. The van der Waals surface area contributed by atoms with Crippen LogP contribution in [0.4, 0.5) is 0 Å². The zero-order valence-electron chi connectivity index (χ0n) is 42.1. The number of amides is 1. The zero-order valence-corrected chi connectivity index (χ0v) is 46.1. The number of pyridine rings is 1. The van der Waals surface area contributed by atoms with E-state index < -0.39 is 5.97 Å². The summed E-state index contributed by atoms with van der Waals surface area (Å²) < 4.78 is 15.3. The minimum Gasteiger partial charge on any atom is -0.487 e. The van der Waals surface area contributed by atoms with E-state index in [1.165, 1.54) is 40.9 Å². The van der Waals surface area contributed by atoms with E-state index in [2.05, 4.69) is 26.6 Å². The molecule has 396 valence electrons. The lowest BCUT2D eigenvalue weighted by molar-refractivity contribution is -0.131. The van der Waals surface area contributed by atoms with Gasteiger partial charge in [-0.3, -0.25) is 28.7 Å². The van der Waals surface area contributed by atoms with Crippen LogP contribution in [0, 0.1) is 0 Å². The third kappa shape index (κ3) is 13.0. The number of aromatic nitrogens is 5. The number of aromatic amines is 1. The number of aliphatic carboxylic acids is 1. The number of nitrogens with one attached hydrogen (secondary N) is 2. The molecule has 7 aromatic rings. The second-order valence-corrected chi connectivity index (χ2v) is 21.5. The fourth-order valence-electron chi connectivity index (χ4n) is 8.60. The van der Waals surface area contributed by atoms with Crippen LogP contribution in [0.1, 0.15) is 101 Å². The number of carboxylic acids is 1. The van der Waals surface area contributed by atoms with Gasteiger partial charge < -0.3 is 30.6 Å². The summed E-state index contributed by atoms with van der Waals surface area (Å²) in [4.78, 5) is 76.6. The Hall–Kier alpha value is -6.93. The van der Waals surface area contributed by atoms with Gasteiger partial charge in [-0.2, -0.15) is 10.2 Å². The molecule has 2 aromatic carbocycles. The largest absolute Gasteiger partial charge is 0.487 e. The molecule has 3 aliphatic rings. The van der Waals surface area contributed by atoms with Gasteiger partial charge in [0.25, 0.3) is 5.56 Å². The van der Waals surface area contributed by atoms with Crippen molar-refractivity contribution in [1.82, 2.24) is 29.9 Å². The average molecular weight is 1130 g/mol. The number of nitrogens with zero attached hydrogens (tertiary/aromatic N) is 4. The number of fused-ring (bicyclic) bond motifs is 4. The van der Waals surface area contributed by atoms with Gasteiger partial charge in [-0.15, -0.1) is 35.1 Å². The van der Waals surface area contributed by atoms with Crippen LogP contribution in [0.3, 0.4) is 0 Å². The van der Waals surface area contributed by atoms with Crippen molar-refractivity contribution in [3.8, 4) is 32.4 Å². The van der Waals surface area contributed by atoms with E-state index in [-0.39, 0.29) is 78.5 Å². The van der Waals surface area contributed by atoms with Crippen LogP contribution in [0.25, 0.3) is 44.1 Å². The number of ether oxygens (including phenoxy) is 2. The Labute approximate surface area is 461 Å². The molecule has 2 aliphatic heterocycles. The summed E-state index contributed by atoms with van der Waals surface area (Å²) in [5, 5.41) is 21.8. The van der Waals surface area contributed by atoms with Crippen molar-refractivity contribution >= 4 is 111 Å². The monoisotopic (exact) mass is 1130 g/mol. The molecule has 0 bridgehead atoms. The second-order valence-electron chi connectivity index (χ2n) is 18.5. The second kappa shape index (κ2) is 24.4. The molecule has 7 heterocycles. The van der Waals surface area contributed by atoms with E-state index >= 15 is 0 Å². The molecule has 5 aromatic heterocycles. The van der Waals surface area contributed by atoms with Gasteiger partial charge in [0.05, 0.1) is 50.9 Å². The smallest absolute Gasteiger partial charge is 0.328 e. The summed E-state index contributed by atoms with van der Waals surface area (Å²) in [5.41, 5.74) is 12.6. The average Bonchev–Trinajstić information content (AvgIpc) is 4.23. The first-order valence-electron chi connectivity index (χ1n) is 24.0. The van der Waals surface area contributed by atoms with Gasteiger partial charge in [-0.05, 0) is 125 Å². The minimum atomic E-state index is -1.06. The summed E-state index contributed by atoms with van der Waals surface area (Å²) in [5.74, 6) is -0.00230. The molecule has 76 heavy (non-hydrogen) atoms. The minimum absolute atomic E-state index is 0. The van der Waals surface area contributed by atoms with Crippen molar-refractivity contribution in [1.29, 1.82) is 0 Å². The summed E-state index contributed by atoms with van der Waals surface area (Å²) >= 11 is 15.7. The summed E-state index contributed by atoms with van der Waals surface area (Å²) in [6.45, 7) is 11.9. The lowest BCUT2D eigenvalue weighted by Gasteiger charge is -2.14. The molecule has 1 amide bonds. The highest BCUT2D eigenvalue weighted by molar-refractivity contribution is 7.17. The van der Waals surface area contributed by atoms with Crippen molar-refractivity contribution in [3.05, 3.63) is 149 Å². The number of halogens is 3. The molecule has 2 atom stereocenters. The number of Topliss-reactive ketones (excluding diaryl/α,β-unsaturated/α-hetero) is 3. The van der Waals surface area contributed by atoms with Gasteiger partial charge in [-0.1, -0.05) is 23.2 Å². The fraction of sp³-hybridized carbons (Fsp3) is 0.273. The molecule has 10 rings (SSSR count). The van der Waals surface area contributed by atoms with Crippen LogP contribution >= 0.6 is 58.3 Å². The molecule has 0 spiro atoms. The van der Waals surface area contributed by atoms with Crippen LogP contribution in [-0.2, 0) is 33.6 Å². The summed E-state index contributed by atoms with van der Waals surface area (Å²) in [6.07, 6.45) is 11.6. The van der Waals surface area contributed by atoms with E-state index in [0.717, 1.165) is 71.8 Å². The third-order valence-corrected chi connectivity index (χ3v) is 15.3. The van der Waals surface area contributed by atoms with Crippen LogP contribution in [0.15, 0.2) is 95.6 Å². The number of hydrogen-bond donors (Lipinski definition) is 4. The topological polar surface area (TPSA) is 231 Å². The molecule has 0 fully saturated rings. The number of thiophene rings is 2. The number of carboxylic acid groups (broad SMARTS) is 1. The number of nitrogens with two attached hydrogens (primary N) is 1. The highest BCUT2D eigenvalue weighted by Crippen LogP contribution is 2.42. The van der Waals surface area contributed by atoms with Crippen molar-refractivity contribution in [2.24, 2.45) is 5.73 Å². The molecule has 16 nitrogen and oxygen atoms in total. The number of rotatable bonds is 13. The van der Waals surface area contributed by atoms with Crippen molar-refractivity contribution in [3.63, 3.8) is 0 Å². The normalized spacial score (nSPS) is 15.2. The molecular formula is C55H54Cl3N7O9S2. The first-order valence-corrected chi connectivity index (χ1v) is 26.3. The number of benzene rings is 2. The van der Waals surface area contributed by atoms with E-state index in [0.29, 0.717) is 50.4 Å². The number of hydrogen-bond acceptors (Lipinski definition) is 13. The maximum atomic E-state index is 12.5. The summed E-state index contributed by atoms with van der Waals surface area (Å²) in [6, 6.07) is 17.4. The summed E-state index contributed by atoms with van der Waals surface area (Å²) in [7, 11) is 0. The van der Waals surface area contributed by atoms with Gasteiger partial charge in [0.1, 0.15) is 29.4 Å². The Kier molecular flexibility index (Phi) is 18.2. The van der Waals surface area contributed by atoms with E-state index in [1.807, 2.05) is 74.8 Å². The Balaban J connectivity index is 0.000000182. The van der Waals surface area contributed by atoms with Crippen molar-refractivity contribution < 1.29 is 38.6 Å². The van der Waals surface area contributed by atoms with Crippen molar-refractivity contribution in [2.75, 3.05) is 13.1 Å². The first kappa shape index (κ1) is 56.8. The van der Waals surface area contributed by atoms with Crippen LogP contribution in [0.5, 0.6) is 11.5 Å². The van der Waals surface area contributed by atoms with Crippen LogP contribution in [-0.4, -0.2) is 84.2 Å². The van der Waals surface area contributed by atoms with E-state index in [1.54, 1.807) is 43.1 Å². The number of allylic oxidation sites excluding steroid dienone is 2. The molecular weight excluding hydrogens is 1070 g/mol. The van der Waals surface area contributed by atoms with Gasteiger partial charge >= 0.3 is 5.97 Å². The van der Waals surface area contributed by atoms with E-state index in [4.69, 9.17) is 43.5 Å². The first-order chi connectivity index (χ1) is 35.8. The van der Waals surface area contributed by atoms with Gasteiger partial charge in [0.2, 0.25) is 5.91 Å². The Morgan fingerprint density at radius 2 is 1.38 bits per heavy atom. The Morgan fingerprint density at radius 3 is 1.92 bits per heavy atom. The van der Waals surface area contributed by atoms with Gasteiger partial charge in [0, 0.05) is 86.6 Å². The van der Waals surface area contributed by atoms with Crippen LogP contribution < -0.4 is 26.1 Å². The fourth-order valence-corrected chi connectivity index (χ4v) is 10.9. The molecule has 0 radical (unpaired) electrons. The van der Waals surface area contributed by atoms with Gasteiger partial charge in [0.15, 0.2) is 17.3 Å². The highest BCUT2D eigenvalue weighted by atomic mass is 35.5. The molecule has 2 unspecified atom stereocenters.